The molecule has 0 aromatic rings. The SMILES string of the molecule is CC1(C)CCCC(C(=O)N[C@@H]2CC[C@H](C(=O)O)C2)C1. The molecule has 0 aromatic heterocycles. The molecule has 4 heteroatoms. The molecule has 19 heavy (non-hydrogen) atoms. The van der Waals surface area contributed by atoms with Gasteiger partial charge in [0.2, 0.25) is 5.91 Å². The quantitative estimate of drug-likeness (QED) is 0.826. The predicted octanol–water partition coefficient (Wildman–Crippen LogP) is 2.57. The first kappa shape index (κ1) is 14.4. The van der Waals surface area contributed by atoms with Crippen molar-refractivity contribution >= 4 is 11.9 Å². The lowest BCUT2D eigenvalue weighted by Gasteiger charge is -2.34. The van der Waals surface area contributed by atoms with E-state index in [0.29, 0.717) is 12.8 Å². The summed E-state index contributed by atoms with van der Waals surface area (Å²) in [6, 6.07) is 0.0682. The Labute approximate surface area is 115 Å². The minimum Gasteiger partial charge on any atom is -0.481 e. The molecule has 0 bridgehead atoms. The second-order valence-corrected chi connectivity index (χ2v) is 7.01. The number of rotatable bonds is 3. The van der Waals surface area contributed by atoms with E-state index in [9.17, 15) is 9.59 Å². The molecule has 0 heterocycles. The molecule has 0 aliphatic heterocycles. The van der Waals surface area contributed by atoms with Gasteiger partial charge >= 0.3 is 5.97 Å². The van der Waals surface area contributed by atoms with E-state index in [2.05, 4.69) is 19.2 Å². The molecule has 2 fully saturated rings. The molecule has 0 radical (unpaired) electrons. The molecule has 2 rings (SSSR count). The average molecular weight is 267 g/mol. The Morgan fingerprint density at radius 3 is 2.47 bits per heavy atom. The lowest BCUT2D eigenvalue weighted by atomic mass is 9.72. The van der Waals surface area contributed by atoms with Crippen molar-refractivity contribution in [1.82, 2.24) is 5.32 Å². The Morgan fingerprint density at radius 1 is 1.16 bits per heavy atom. The van der Waals surface area contributed by atoms with Crippen LogP contribution in [0, 0.1) is 17.3 Å². The Kier molecular flexibility index (Phi) is 4.16. The van der Waals surface area contributed by atoms with E-state index in [1.165, 1.54) is 6.42 Å². The molecule has 0 spiro atoms. The minimum absolute atomic E-state index is 0.0682. The molecule has 1 unspecified atom stereocenters. The lowest BCUT2D eigenvalue weighted by molar-refractivity contribution is -0.141. The Bertz CT molecular complexity index is 364. The normalized spacial score (nSPS) is 33.9. The monoisotopic (exact) mass is 267 g/mol. The van der Waals surface area contributed by atoms with Gasteiger partial charge in [-0.15, -0.1) is 0 Å². The third kappa shape index (κ3) is 3.71. The number of carbonyl (C=O) groups excluding carboxylic acids is 1. The molecule has 2 saturated carbocycles. The van der Waals surface area contributed by atoms with Crippen molar-refractivity contribution < 1.29 is 14.7 Å². The average Bonchev–Trinajstić information content (AvgIpc) is 2.76. The summed E-state index contributed by atoms with van der Waals surface area (Å²) < 4.78 is 0. The predicted molar refractivity (Wildman–Crippen MR) is 72.6 cm³/mol. The Morgan fingerprint density at radius 2 is 1.89 bits per heavy atom. The number of aliphatic carboxylic acids is 1. The fourth-order valence-corrected chi connectivity index (χ4v) is 3.58. The number of amides is 1. The molecule has 0 aromatic carbocycles. The number of nitrogens with one attached hydrogen (secondary N) is 1. The summed E-state index contributed by atoms with van der Waals surface area (Å²) in [5.41, 5.74) is 0.263. The van der Waals surface area contributed by atoms with Crippen LogP contribution < -0.4 is 5.32 Å². The number of hydrogen-bond donors (Lipinski definition) is 2. The molecule has 4 nitrogen and oxygen atoms in total. The van der Waals surface area contributed by atoms with E-state index < -0.39 is 5.97 Å². The molecular formula is C15H25NO3. The highest BCUT2D eigenvalue weighted by Gasteiger charge is 2.35. The fraction of sp³-hybridized carbons (Fsp3) is 0.867. The standard InChI is InChI=1S/C15H25NO3/c1-15(2)7-3-4-11(9-15)13(17)16-12-6-5-10(8-12)14(18)19/h10-12H,3-9H2,1-2H3,(H,16,17)(H,18,19)/t10-,11?,12+/m0/s1. The van der Waals surface area contributed by atoms with Crippen molar-refractivity contribution in [2.75, 3.05) is 0 Å². The van der Waals surface area contributed by atoms with E-state index in [1.807, 2.05) is 0 Å². The number of carboxylic acid groups (broad SMARTS) is 1. The second-order valence-electron chi connectivity index (χ2n) is 7.01. The zero-order chi connectivity index (χ0) is 14.0. The van der Waals surface area contributed by atoms with Gasteiger partial charge in [-0.3, -0.25) is 9.59 Å². The number of carboxylic acids is 1. The molecule has 108 valence electrons. The molecule has 3 atom stereocenters. The van der Waals surface area contributed by atoms with Gasteiger partial charge in [-0.25, -0.2) is 0 Å². The minimum atomic E-state index is -0.726. The van der Waals surface area contributed by atoms with Crippen molar-refractivity contribution in [3.63, 3.8) is 0 Å². The van der Waals surface area contributed by atoms with E-state index in [4.69, 9.17) is 5.11 Å². The summed E-state index contributed by atoms with van der Waals surface area (Å²) in [5.74, 6) is -0.736. The fourth-order valence-electron chi connectivity index (χ4n) is 3.58. The summed E-state index contributed by atoms with van der Waals surface area (Å²) in [4.78, 5) is 23.2. The van der Waals surface area contributed by atoms with Crippen LogP contribution in [0.25, 0.3) is 0 Å². The highest BCUT2D eigenvalue weighted by atomic mass is 16.4. The zero-order valence-electron chi connectivity index (χ0n) is 11.9. The molecule has 2 N–H and O–H groups in total. The molecule has 0 saturated heterocycles. The van der Waals surface area contributed by atoms with Crippen LogP contribution in [0.3, 0.4) is 0 Å². The summed E-state index contributed by atoms with van der Waals surface area (Å²) in [5, 5.41) is 12.0. The van der Waals surface area contributed by atoms with Gasteiger partial charge in [0.25, 0.3) is 0 Å². The maximum atomic E-state index is 12.3. The summed E-state index contributed by atoms with van der Waals surface area (Å²) in [7, 11) is 0. The van der Waals surface area contributed by atoms with Crippen LogP contribution in [0.2, 0.25) is 0 Å². The topological polar surface area (TPSA) is 66.4 Å². The van der Waals surface area contributed by atoms with Crippen LogP contribution in [0.1, 0.15) is 58.8 Å². The van der Waals surface area contributed by atoms with Gasteiger partial charge in [0, 0.05) is 12.0 Å². The van der Waals surface area contributed by atoms with Crippen molar-refractivity contribution in [2.45, 2.75) is 64.8 Å². The lowest BCUT2D eigenvalue weighted by Crippen LogP contribution is -2.40. The van der Waals surface area contributed by atoms with E-state index in [1.54, 1.807) is 0 Å². The van der Waals surface area contributed by atoms with Gasteiger partial charge in [0.05, 0.1) is 5.92 Å². The van der Waals surface area contributed by atoms with Gasteiger partial charge in [-0.05, 0) is 43.9 Å². The van der Waals surface area contributed by atoms with Crippen LogP contribution in [-0.2, 0) is 9.59 Å². The van der Waals surface area contributed by atoms with E-state index in [-0.39, 0.29) is 29.2 Å². The van der Waals surface area contributed by atoms with Crippen LogP contribution in [0.4, 0.5) is 0 Å². The summed E-state index contributed by atoms with van der Waals surface area (Å²) in [6.07, 6.45) is 6.33. The highest BCUT2D eigenvalue weighted by Crippen LogP contribution is 2.38. The smallest absolute Gasteiger partial charge is 0.306 e. The van der Waals surface area contributed by atoms with Crippen molar-refractivity contribution in [1.29, 1.82) is 0 Å². The van der Waals surface area contributed by atoms with Crippen LogP contribution >= 0.6 is 0 Å². The summed E-state index contributed by atoms with van der Waals surface area (Å²) >= 11 is 0. The molecule has 2 aliphatic rings. The molecule has 2 aliphatic carbocycles. The first-order valence-corrected chi connectivity index (χ1v) is 7.40. The van der Waals surface area contributed by atoms with Gasteiger partial charge in [-0.2, -0.15) is 0 Å². The van der Waals surface area contributed by atoms with Gasteiger partial charge in [0.1, 0.15) is 0 Å². The van der Waals surface area contributed by atoms with Crippen LogP contribution in [0.5, 0.6) is 0 Å². The first-order valence-electron chi connectivity index (χ1n) is 7.40. The number of carbonyl (C=O) groups is 2. The second kappa shape index (κ2) is 5.51. The van der Waals surface area contributed by atoms with Crippen molar-refractivity contribution in [3.8, 4) is 0 Å². The first-order chi connectivity index (χ1) is 8.87. The van der Waals surface area contributed by atoms with Gasteiger partial charge < -0.3 is 10.4 Å². The highest BCUT2D eigenvalue weighted by molar-refractivity contribution is 5.79. The van der Waals surface area contributed by atoms with Gasteiger partial charge in [0.15, 0.2) is 0 Å². The summed E-state index contributed by atoms with van der Waals surface area (Å²) in [6.45, 7) is 4.45. The third-order valence-electron chi connectivity index (χ3n) is 4.70. The van der Waals surface area contributed by atoms with Gasteiger partial charge in [-0.1, -0.05) is 20.3 Å². The van der Waals surface area contributed by atoms with E-state index >= 15 is 0 Å². The van der Waals surface area contributed by atoms with Crippen LogP contribution in [-0.4, -0.2) is 23.0 Å². The Balaban J connectivity index is 1.83. The van der Waals surface area contributed by atoms with Crippen LogP contribution in [0.15, 0.2) is 0 Å². The molecular weight excluding hydrogens is 242 g/mol. The largest absolute Gasteiger partial charge is 0.481 e. The third-order valence-corrected chi connectivity index (χ3v) is 4.70. The number of hydrogen-bond acceptors (Lipinski definition) is 2. The van der Waals surface area contributed by atoms with E-state index in [0.717, 1.165) is 25.7 Å². The maximum absolute atomic E-state index is 12.3. The Hall–Kier alpha value is -1.06. The molecule has 1 amide bonds. The van der Waals surface area contributed by atoms with Crippen molar-refractivity contribution in [2.24, 2.45) is 17.3 Å². The van der Waals surface area contributed by atoms with Crippen molar-refractivity contribution in [3.05, 3.63) is 0 Å². The zero-order valence-corrected chi connectivity index (χ0v) is 11.9. The maximum Gasteiger partial charge on any atom is 0.306 e.